The second kappa shape index (κ2) is 6.80. The third-order valence-corrected chi connectivity index (χ3v) is 5.21. The number of nitrogens with one attached hydrogen (secondary N) is 1. The largest absolute Gasteiger partial charge is 0.361 e. The lowest BCUT2D eigenvalue weighted by Gasteiger charge is -2.30. The van der Waals surface area contributed by atoms with Crippen LogP contribution in [-0.4, -0.2) is 48.0 Å². The van der Waals surface area contributed by atoms with Crippen LogP contribution in [0, 0.1) is 11.8 Å². The lowest BCUT2D eigenvalue weighted by Crippen LogP contribution is -2.35. The van der Waals surface area contributed by atoms with Crippen LogP contribution < -0.4 is 5.32 Å². The van der Waals surface area contributed by atoms with Gasteiger partial charge in [0.2, 0.25) is 0 Å². The second-order valence-corrected chi connectivity index (χ2v) is 6.84. The fraction of sp³-hybridized carbons (Fsp3) is 0.929. The van der Waals surface area contributed by atoms with Crippen LogP contribution in [0.3, 0.4) is 0 Å². The van der Waals surface area contributed by atoms with E-state index in [2.05, 4.69) is 31.0 Å². The first-order valence-electron chi connectivity index (χ1n) is 7.35. The average molecular weight is 269 g/mol. The summed E-state index contributed by atoms with van der Waals surface area (Å²) < 4.78 is 0. The zero-order valence-corrected chi connectivity index (χ0v) is 12.8. The fourth-order valence-electron chi connectivity index (χ4n) is 2.56. The van der Waals surface area contributed by atoms with Crippen molar-refractivity contribution in [2.75, 3.05) is 31.9 Å². The fourth-order valence-corrected chi connectivity index (χ4v) is 3.76. The molecule has 0 unspecified atom stereocenters. The van der Waals surface area contributed by atoms with E-state index in [4.69, 9.17) is 4.99 Å². The number of hydrogen-bond acceptors (Lipinski definition) is 3. The van der Waals surface area contributed by atoms with E-state index in [0.717, 1.165) is 12.5 Å². The molecule has 2 saturated heterocycles. The zero-order chi connectivity index (χ0) is 13.0. The SMILES string of the molecule is CCN1CCC(CN=C2N[C@@H](C(C)C)CS2)CC1. The van der Waals surface area contributed by atoms with Crippen LogP contribution in [0.5, 0.6) is 0 Å². The van der Waals surface area contributed by atoms with Crippen molar-refractivity contribution in [2.24, 2.45) is 16.8 Å². The Hall–Kier alpha value is -0.220. The van der Waals surface area contributed by atoms with E-state index in [1.165, 1.54) is 43.4 Å². The highest BCUT2D eigenvalue weighted by molar-refractivity contribution is 8.14. The quantitative estimate of drug-likeness (QED) is 0.849. The normalized spacial score (nSPS) is 29.1. The molecule has 0 radical (unpaired) electrons. The van der Waals surface area contributed by atoms with Crippen molar-refractivity contribution in [1.82, 2.24) is 10.2 Å². The number of nitrogens with zero attached hydrogens (tertiary/aromatic N) is 2. The minimum absolute atomic E-state index is 0.621. The molecule has 0 aromatic rings. The molecule has 0 aromatic heterocycles. The molecule has 2 rings (SSSR count). The van der Waals surface area contributed by atoms with Crippen LogP contribution in [0.2, 0.25) is 0 Å². The Morgan fingerprint density at radius 2 is 2.11 bits per heavy atom. The molecule has 0 saturated carbocycles. The molecule has 3 nitrogen and oxygen atoms in total. The lowest BCUT2D eigenvalue weighted by molar-refractivity contribution is 0.196. The summed E-state index contributed by atoms with van der Waals surface area (Å²) in [4.78, 5) is 7.32. The van der Waals surface area contributed by atoms with Gasteiger partial charge in [0, 0.05) is 18.3 Å². The van der Waals surface area contributed by atoms with Crippen molar-refractivity contribution in [3.63, 3.8) is 0 Å². The number of rotatable bonds is 4. The summed E-state index contributed by atoms with van der Waals surface area (Å²) in [7, 11) is 0. The zero-order valence-electron chi connectivity index (χ0n) is 12.0. The van der Waals surface area contributed by atoms with Gasteiger partial charge in [0.1, 0.15) is 0 Å². The van der Waals surface area contributed by atoms with Crippen LogP contribution in [0.1, 0.15) is 33.6 Å². The second-order valence-electron chi connectivity index (χ2n) is 5.83. The molecule has 0 amide bonds. The van der Waals surface area contributed by atoms with Crippen LogP contribution in [0.15, 0.2) is 4.99 Å². The Morgan fingerprint density at radius 1 is 1.39 bits per heavy atom. The van der Waals surface area contributed by atoms with E-state index in [0.29, 0.717) is 12.0 Å². The van der Waals surface area contributed by atoms with Crippen molar-refractivity contribution in [1.29, 1.82) is 0 Å². The number of aliphatic imine (C=N–C) groups is 1. The number of likely N-dealkylation sites (tertiary alicyclic amines) is 1. The van der Waals surface area contributed by atoms with Crippen molar-refractivity contribution in [3.8, 4) is 0 Å². The minimum atomic E-state index is 0.621. The molecule has 2 heterocycles. The molecule has 2 fully saturated rings. The van der Waals surface area contributed by atoms with E-state index < -0.39 is 0 Å². The predicted octanol–water partition coefficient (Wildman–Crippen LogP) is 2.44. The third-order valence-electron chi connectivity index (χ3n) is 4.16. The summed E-state index contributed by atoms with van der Waals surface area (Å²) in [5, 5.41) is 4.74. The summed E-state index contributed by atoms with van der Waals surface area (Å²) in [6, 6.07) is 0.621. The van der Waals surface area contributed by atoms with Gasteiger partial charge in [-0.05, 0) is 44.3 Å². The maximum atomic E-state index is 4.78. The van der Waals surface area contributed by atoms with Crippen LogP contribution in [0.4, 0.5) is 0 Å². The van der Waals surface area contributed by atoms with Gasteiger partial charge >= 0.3 is 0 Å². The van der Waals surface area contributed by atoms with Gasteiger partial charge in [0.25, 0.3) is 0 Å². The molecule has 18 heavy (non-hydrogen) atoms. The topological polar surface area (TPSA) is 27.6 Å². The van der Waals surface area contributed by atoms with E-state index in [9.17, 15) is 0 Å². The van der Waals surface area contributed by atoms with Gasteiger partial charge in [-0.1, -0.05) is 32.5 Å². The van der Waals surface area contributed by atoms with E-state index in [1.54, 1.807) is 0 Å². The maximum absolute atomic E-state index is 4.78. The Kier molecular flexibility index (Phi) is 5.37. The van der Waals surface area contributed by atoms with Crippen LogP contribution >= 0.6 is 11.8 Å². The van der Waals surface area contributed by atoms with Crippen molar-refractivity contribution in [3.05, 3.63) is 0 Å². The summed E-state index contributed by atoms with van der Waals surface area (Å²) in [5.41, 5.74) is 0. The Labute approximate surface area is 116 Å². The van der Waals surface area contributed by atoms with Crippen LogP contribution in [-0.2, 0) is 0 Å². The molecule has 4 heteroatoms. The predicted molar refractivity (Wildman–Crippen MR) is 81.4 cm³/mol. The molecule has 0 spiro atoms. The van der Waals surface area contributed by atoms with Gasteiger partial charge in [-0.2, -0.15) is 0 Å². The van der Waals surface area contributed by atoms with Crippen molar-refractivity contribution < 1.29 is 0 Å². The Balaban J connectivity index is 1.72. The monoisotopic (exact) mass is 269 g/mol. The smallest absolute Gasteiger partial charge is 0.156 e. The first-order chi connectivity index (χ1) is 8.69. The van der Waals surface area contributed by atoms with Crippen molar-refractivity contribution in [2.45, 2.75) is 39.7 Å². The molecule has 1 atom stereocenters. The van der Waals surface area contributed by atoms with Gasteiger partial charge in [0.05, 0.1) is 0 Å². The van der Waals surface area contributed by atoms with Gasteiger partial charge in [0.15, 0.2) is 5.17 Å². The highest BCUT2D eigenvalue weighted by Gasteiger charge is 2.23. The van der Waals surface area contributed by atoms with Crippen LogP contribution in [0.25, 0.3) is 0 Å². The van der Waals surface area contributed by atoms with Gasteiger partial charge in [-0.3, -0.25) is 4.99 Å². The molecule has 0 aromatic carbocycles. The van der Waals surface area contributed by atoms with Crippen molar-refractivity contribution >= 4 is 16.9 Å². The molecule has 2 aliphatic rings. The third kappa shape index (κ3) is 3.89. The number of hydrogen-bond donors (Lipinski definition) is 1. The highest BCUT2D eigenvalue weighted by Crippen LogP contribution is 2.21. The molecule has 1 N–H and O–H groups in total. The van der Waals surface area contributed by atoms with Gasteiger partial charge in [-0.15, -0.1) is 0 Å². The number of amidine groups is 1. The standard InChI is InChI=1S/C14H27N3S/c1-4-17-7-5-12(6-8-17)9-15-14-16-13(10-18-14)11(2)3/h11-13H,4-10H2,1-3H3,(H,15,16)/t13-/m1/s1. The molecule has 104 valence electrons. The summed E-state index contributed by atoms with van der Waals surface area (Å²) >= 11 is 1.90. The number of piperidine rings is 1. The summed E-state index contributed by atoms with van der Waals surface area (Å²) in [6.07, 6.45) is 2.64. The van der Waals surface area contributed by atoms with E-state index in [-0.39, 0.29) is 0 Å². The first kappa shape index (κ1) is 14.2. The lowest BCUT2D eigenvalue weighted by atomic mass is 9.97. The summed E-state index contributed by atoms with van der Waals surface area (Å²) in [6.45, 7) is 11.6. The Bertz CT molecular complexity index is 283. The summed E-state index contributed by atoms with van der Waals surface area (Å²) in [5.74, 6) is 2.70. The molecule has 2 aliphatic heterocycles. The molecule has 0 aliphatic carbocycles. The highest BCUT2D eigenvalue weighted by atomic mass is 32.2. The average Bonchev–Trinajstić information content (AvgIpc) is 2.86. The van der Waals surface area contributed by atoms with Gasteiger partial charge in [-0.25, -0.2) is 0 Å². The minimum Gasteiger partial charge on any atom is -0.361 e. The van der Waals surface area contributed by atoms with E-state index in [1.807, 2.05) is 11.8 Å². The Morgan fingerprint density at radius 3 is 2.67 bits per heavy atom. The maximum Gasteiger partial charge on any atom is 0.156 e. The number of thioether (sulfide) groups is 1. The molecular formula is C14H27N3S. The molecule has 0 bridgehead atoms. The van der Waals surface area contributed by atoms with E-state index >= 15 is 0 Å². The molecular weight excluding hydrogens is 242 g/mol. The van der Waals surface area contributed by atoms with Gasteiger partial charge < -0.3 is 10.2 Å². The first-order valence-corrected chi connectivity index (χ1v) is 8.33.